The average Bonchev–Trinajstić information content (AvgIpc) is 2.99. The van der Waals surface area contributed by atoms with Crippen LogP contribution in [-0.2, 0) is 6.42 Å². The number of rotatable bonds is 4. The SMILES string of the molecule is N=[N+]=N[C@@H]1CCC[C@@H]1N1CCC(Cc2ccc(Cl)cc2)CC1. The Morgan fingerprint density at radius 1 is 1.14 bits per heavy atom. The number of likely N-dealkylation sites (tertiary alicyclic amines) is 1. The molecule has 1 aromatic carbocycles. The van der Waals surface area contributed by atoms with E-state index in [1.807, 2.05) is 12.1 Å². The summed E-state index contributed by atoms with van der Waals surface area (Å²) in [5.74, 6) is 0.773. The summed E-state index contributed by atoms with van der Waals surface area (Å²) in [6.07, 6.45) is 7.20. The largest absolute Gasteiger partial charge is 0.298 e. The molecule has 1 aliphatic heterocycles. The van der Waals surface area contributed by atoms with E-state index in [1.165, 1.54) is 31.2 Å². The Morgan fingerprint density at radius 3 is 2.55 bits per heavy atom. The first-order valence-electron chi connectivity index (χ1n) is 8.31. The van der Waals surface area contributed by atoms with E-state index in [2.05, 4.69) is 27.1 Å². The zero-order valence-electron chi connectivity index (χ0n) is 12.9. The number of benzene rings is 1. The van der Waals surface area contributed by atoms with Gasteiger partial charge in [-0.15, -0.1) is 0 Å². The van der Waals surface area contributed by atoms with Gasteiger partial charge in [0.2, 0.25) is 4.91 Å². The fourth-order valence-electron chi connectivity index (χ4n) is 4.00. The molecule has 0 radical (unpaired) electrons. The van der Waals surface area contributed by atoms with Crippen molar-refractivity contribution in [3.8, 4) is 0 Å². The molecule has 2 aliphatic rings. The normalized spacial score (nSPS) is 26.8. The Balaban J connectivity index is 1.52. The molecule has 2 fully saturated rings. The molecule has 1 saturated carbocycles. The molecule has 1 heterocycles. The molecule has 118 valence electrons. The highest BCUT2D eigenvalue weighted by molar-refractivity contribution is 6.30. The van der Waals surface area contributed by atoms with Gasteiger partial charge in [-0.05, 0) is 75.2 Å². The highest BCUT2D eigenvalue weighted by Gasteiger charge is 2.36. The van der Waals surface area contributed by atoms with Crippen molar-refractivity contribution < 1.29 is 0 Å². The van der Waals surface area contributed by atoms with Crippen molar-refractivity contribution in [2.45, 2.75) is 50.6 Å². The predicted octanol–water partition coefficient (Wildman–Crippen LogP) is 4.07. The third kappa shape index (κ3) is 3.75. The third-order valence-electron chi connectivity index (χ3n) is 5.21. The van der Waals surface area contributed by atoms with Gasteiger partial charge in [-0.25, -0.2) is 0 Å². The molecule has 2 atom stereocenters. The summed E-state index contributed by atoms with van der Waals surface area (Å²) >= 11 is 5.95. The Labute approximate surface area is 137 Å². The molecule has 0 amide bonds. The van der Waals surface area contributed by atoms with Gasteiger partial charge in [0.15, 0.2) is 0 Å². The maximum absolute atomic E-state index is 6.97. The van der Waals surface area contributed by atoms with Crippen LogP contribution in [0.25, 0.3) is 0 Å². The van der Waals surface area contributed by atoms with Crippen molar-refractivity contribution >= 4 is 11.6 Å². The van der Waals surface area contributed by atoms with Crippen molar-refractivity contribution in [3.05, 3.63) is 34.9 Å². The van der Waals surface area contributed by atoms with Crippen LogP contribution >= 0.6 is 11.6 Å². The Morgan fingerprint density at radius 2 is 1.86 bits per heavy atom. The second-order valence-electron chi connectivity index (χ2n) is 6.59. The van der Waals surface area contributed by atoms with Crippen LogP contribution in [0.5, 0.6) is 0 Å². The van der Waals surface area contributed by atoms with Crippen LogP contribution in [0.2, 0.25) is 5.02 Å². The molecule has 3 rings (SSSR count). The molecule has 0 spiro atoms. The van der Waals surface area contributed by atoms with Gasteiger partial charge in [-0.2, -0.15) is 0 Å². The lowest BCUT2D eigenvalue weighted by atomic mass is 9.89. The number of nitrogens with one attached hydrogen (secondary N) is 1. The Bertz CT molecular complexity index is 530. The van der Waals surface area contributed by atoms with E-state index in [4.69, 9.17) is 17.1 Å². The van der Waals surface area contributed by atoms with Gasteiger partial charge in [-0.3, -0.25) is 4.90 Å². The number of halogens is 1. The van der Waals surface area contributed by atoms with Crippen LogP contribution in [0, 0.1) is 11.4 Å². The van der Waals surface area contributed by atoms with Crippen LogP contribution in [0.15, 0.2) is 29.4 Å². The lowest BCUT2D eigenvalue weighted by Crippen LogP contribution is -2.44. The molecule has 22 heavy (non-hydrogen) atoms. The Kier molecular flexibility index (Phi) is 5.24. The summed E-state index contributed by atoms with van der Waals surface area (Å²) in [4.78, 5) is 5.87. The van der Waals surface area contributed by atoms with Gasteiger partial charge in [0.25, 0.3) is 0 Å². The fourth-order valence-corrected chi connectivity index (χ4v) is 4.12. The molecule has 0 aromatic heterocycles. The van der Waals surface area contributed by atoms with E-state index >= 15 is 0 Å². The molecule has 1 saturated heterocycles. The lowest BCUT2D eigenvalue weighted by molar-refractivity contribution is 0.124. The zero-order valence-corrected chi connectivity index (χ0v) is 13.7. The van der Waals surface area contributed by atoms with E-state index in [9.17, 15) is 0 Å². The van der Waals surface area contributed by atoms with Gasteiger partial charge in [0.1, 0.15) is 16.7 Å². The number of hydrogen-bond acceptors (Lipinski definition) is 3. The maximum Gasteiger partial charge on any atom is 0.214 e. The van der Waals surface area contributed by atoms with Crippen LogP contribution < -0.4 is 4.91 Å². The first kappa shape index (κ1) is 15.7. The van der Waals surface area contributed by atoms with Crippen molar-refractivity contribution in [1.82, 2.24) is 9.81 Å². The third-order valence-corrected chi connectivity index (χ3v) is 5.46. The van der Waals surface area contributed by atoms with Gasteiger partial charge >= 0.3 is 0 Å². The lowest BCUT2D eigenvalue weighted by Gasteiger charge is -2.36. The van der Waals surface area contributed by atoms with Crippen LogP contribution in [0.3, 0.4) is 0 Å². The molecular formula is C17H24ClN4+. The maximum atomic E-state index is 6.97. The van der Waals surface area contributed by atoms with Gasteiger partial charge in [0.05, 0.1) is 0 Å². The van der Waals surface area contributed by atoms with Crippen molar-refractivity contribution in [2.24, 2.45) is 11.0 Å². The van der Waals surface area contributed by atoms with Gasteiger partial charge in [-0.1, -0.05) is 23.7 Å². The second kappa shape index (κ2) is 7.36. The molecule has 4 nitrogen and oxygen atoms in total. The summed E-state index contributed by atoms with van der Waals surface area (Å²) in [6, 6.07) is 9.05. The zero-order chi connectivity index (χ0) is 15.4. The van der Waals surface area contributed by atoms with Crippen molar-refractivity contribution in [1.29, 1.82) is 5.53 Å². The minimum absolute atomic E-state index is 0.255. The number of nitrogens with zero attached hydrogens (tertiary/aromatic N) is 3. The molecule has 0 bridgehead atoms. The predicted molar refractivity (Wildman–Crippen MR) is 88.2 cm³/mol. The minimum atomic E-state index is 0.255. The minimum Gasteiger partial charge on any atom is -0.298 e. The first-order valence-corrected chi connectivity index (χ1v) is 8.69. The summed E-state index contributed by atoms with van der Waals surface area (Å²) in [5, 5.41) is 4.93. The summed E-state index contributed by atoms with van der Waals surface area (Å²) in [6.45, 7) is 2.32. The molecule has 1 aromatic rings. The summed E-state index contributed by atoms with van der Waals surface area (Å²) in [7, 11) is 0. The van der Waals surface area contributed by atoms with Crippen LogP contribution in [0.4, 0.5) is 0 Å². The standard InChI is InChI=1S/C17H24ClN4/c18-15-6-4-13(5-7-15)12-14-8-10-22(11-9-14)17-3-1-2-16(17)20-21-19/h4-7,14,16-17,19H,1-3,8-12H2/q+1/t16-,17+/m1/s1. The smallest absolute Gasteiger partial charge is 0.214 e. The molecule has 0 unspecified atom stereocenters. The van der Waals surface area contributed by atoms with Crippen molar-refractivity contribution in [3.63, 3.8) is 0 Å². The van der Waals surface area contributed by atoms with Gasteiger partial charge < -0.3 is 0 Å². The van der Waals surface area contributed by atoms with E-state index in [0.29, 0.717) is 6.04 Å². The summed E-state index contributed by atoms with van der Waals surface area (Å²) < 4.78 is 0. The number of hydrogen-bond donors (Lipinski definition) is 1. The first-order chi connectivity index (χ1) is 10.8. The number of piperidine rings is 1. The van der Waals surface area contributed by atoms with E-state index in [1.54, 1.807) is 0 Å². The molecule has 1 aliphatic carbocycles. The summed E-state index contributed by atoms with van der Waals surface area (Å²) in [5.41, 5.74) is 8.37. The highest BCUT2D eigenvalue weighted by Crippen LogP contribution is 2.31. The van der Waals surface area contributed by atoms with Crippen LogP contribution in [0.1, 0.15) is 37.7 Å². The Hall–Kier alpha value is -1.22. The monoisotopic (exact) mass is 319 g/mol. The second-order valence-corrected chi connectivity index (χ2v) is 7.03. The van der Waals surface area contributed by atoms with Gasteiger partial charge in [0, 0.05) is 11.1 Å². The molecule has 5 heteroatoms. The van der Waals surface area contributed by atoms with E-state index in [0.717, 1.165) is 36.9 Å². The van der Waals surface area contributed by atoms with E-state index in [-0.39, 0.29) is 6.04 Å². The quantitative estimate of drug-likeness (QED) is 0.660. The highest BCUT2D eigenvalue weighted by atomic mass is 35.5. The topological polar surface area (TPSA) is 53.6 Å². The average molecular weight is 320 g/mol. The van der Waals surface area contributed by atoms with Crippen LogP contribution in [-0.4, -0.2) is 30.1 Å². The van der Waals surface area contributed by atoms with E-state index < -0.39 is 0 Å². The fraction of sp³-hybridized carbons (Fsp3) is 0.647. The molecular weight excluding hydrogens is 296 g/mol. The molecule has 1 N–H and O–H groups in total. The van der Waals surface area contributed by atoms with Crippen molar-refractivity contribution in [2.75, 3.05) is 13.1 Å².